The van der Waals surface area contributed by atoms with Crippen molar-refractivity contribution in [3.05, 3.63) is 29.3 Å². The lowest BCUT2D eigenvalue weighted by Crippen LogP contribution is -2.31. The van der Waals surface area contributed by atoms with Gasteiger partial charge in [0, 0.05) is 10.4 Å². The molecule has 0 aromatic heterocycles. The molecule has 0 saturated carbocycles. The fraction of sp³-hybridized carbons (Fsp3) is 0.455. The molecule has 1 heterocycles. The van der Waals surface area contributed by atoms with Gasteiger partial charge in [0.15, 0.2) is 0 Å². The fourth-order valence-electron chi connectivity index (χ4n) is 1.37. The van der Waals surface area contributed by atoms with Gasteiger partial charge in [-0.3, -0.25) is 4.57 Å². The van der Waals surface area contributed by atoms with E-state index in [4.69, 9.17) is 20.6 Å². The molecule has 0 unspecified atom stereocenters. The van der Waals surface area contributed by atoms with Gasteiger partial charge in [0.2, 0.25) is 0 Å². The molecule has 1 aromatic carbocycles. The highest BCUT2D eigenvalue weighted by Crippen LogP contribution is 2.52. The first-order chi connectivity index (χ1) is 7.41. The van der Waals surface area contributed by atoms with E-state index in [1.54, 1.807) is 24.3 Å². The Labute approximate surface area is 100 Å². The van der Waals surface area contributed by atoms with Gasteiger partial charge in [-0.15, -0.1) is 0 Å². The summed E-state index contributed by atoms with van der Waals surface area (Å²) in [6.07, 6.45) is 0. The Kier molecular flexibility index (Phi) is 3.15. The number of rotatable bonds is 1. The van der Waals surface area contributed by atoms with E-state index in [-0.39, 0.29) is 5.41 Å². The van der Waals surface area contributed by atoms with Crippen LogP contribution in [0.15, 0.2) is 24.3 Å². The number of hydrogen-bond acceptors (Lipinski definition) is 3. The highest BCUT2D eigenvalue weighted by molar-refractivity contribution is 7.62. The molecule has 0 aliphatic carbocycles. The van der Waals surface area contributed by atoms with Crippen molar-refractivity contribution in [3.63, 3.8) is 0 Å². The number of halogens is 1. The summed E-state index contributed by atoms with van der Waals surface area (Å²) in [4.78, 5) is 0. The second-order valence-corrected chi connectivity index (χ2v) is 7.15. The summed E-state index contributed by atoms with van der Waals surface area (Å²) in [5, 5.41) is 1.17. The Hall–Kier alpha value is -0.340. The number of hydrogen-bond donors (Lipinski definition) is 0. The second kappa shape index (κ2) is 4.15. The Balaban J connectivity index is 2.22. The summed E-state index contributed by atoms with van der Waals surface area (Å²) < 4.78 is 23.1. The first-order valence-corrected chi connectivity index (χ1v) is 6.99. The van der Waals surface area contributed by atoms with Crippen molar-refractivity contribution in [1.29, 1.82) is 0 Å². The number of benzene rings is 1. The minimum absolute atomic E-state index is 0.0830. The van der Waals surface area contributed by atoms with Gasteiger partial charge in [-0.2, -0.15) is 0 Å². The zero-order valence-electron chi connectivity index (χ0n) is 9.27. The minimum Gasteiger partial charge on any atom is -0.305 e. The molecule has 16 heavy (non-hydrogen) atoms. The Morgan fingerprint density at radius 3 is 2.19 bits per heavy atom. The van der Waals surface area contributed by atoms with Crippen LogP contribution in [-0.2, 0) is 13.6 Å². The van der Waals surface area contributed by atoms with Crippen molar-refractivity contribution in [2.24, 2.45) is 5.41 Å². The molecule has 1 fully saturated rings. The molecule has 5 heteroatoms. The average Bonchev–Trinajstić information content (AvgIpc) is 2.24. The van der Waals surface area contributed by atoms with E-state index in [2.05, 4.69) is 0 Å². The zero-order valence-corrected chi connectivity index (χ0v) is 10.9. The summed E-state index contributed by atoms with van der Waals surface area (Å²) >= 11 is 5.77. The Morgan fingerprint density at radius 1 is 1.19 bits per heavy atom. The average molecular weight is 261 g/mol. The lowest BCUT2D eigenvalue weighted by molar-refractivity contribution is 0.0463. The van der Waals surface area contributed by atoms with Crippen LogP contribution >= 0.6 is 19.2 Å². The lowest BCUT2D eigenvalue weighted by Gasteiger charge is -2.34. The molecule has 0 atom stereocenters. The predicted octanol–water partition coefficient (Wildman–Crippen LogP) is 3.23. The van der Waals surface area contributed by atoms with Crippen LogP contribution in [0.3, 0.4) is 0 Å². The Bertz CT molecular complexity index is 413. The highest BCUT2D eigenvalue weighted by Gasteiger charge is 2.37. The summed E-state index contributed by atoms with van der Waals surface area (Å²) in [6, 6.07) is 6.73. The second-order valence-electron chi connectivity index (χ2n) is 4.68. The summed E-state index contributed by atoms with van der Waals surface area (Å²) in [7, 11) is -3.12. The molecule has 0 spiro atoms. The molecule has 3 nitrogen and oxygen atoms in total. The van der Waals surface area contributed by atoms with Crippen molar-refractivity contribution in [2.45, 2.75) is 13.8 Å². The third kappa shape index (κ3) is 2.49. The predicted molar refractivity (Wildman–Crippen MR) is 64.4 cm³/mol. The van der Waals surface area contributed by atoms with E-state index in [0.717, 1.165) is 0 Å². The lowest BCUT2D eigenvalue weighted by atomic mass is 9.97. The molecule has 0 N–H and O–H groups in total. The third-order valence-electron chi connectivity index (χ3n) is 2.39. The molecule has 1 aliphatic heterocycles. The molecule has 0 bridgehead atoms. The third-order valence-corrected chi connectivity index (χ3v) is 4.51. The quantitative estimate of drug-likeness (QED) is 0.727. The molecular formula is C11H14ClO3P. The fourth-order valence-corrected chi connectivity index (χ4v) is 3.42. The normalized spacial score (nSPS) is 22.9. The summed E-state index contributed by atoms with van der Waals surface area (Å²) in [6.45, 7) is 4.90. The highest BCUT2D eigenvalue weighted by atomic mass is 35.5. The van der Waals surface area contributed by atoms with Gasteiger partial charge < -0.3 is 9.05 Å². The largest absolute Gasteiger partial charge is 0.361 e. The zero-order chi connectivity index (χ0) is 11.8. The van der Waals surface area contributed by atoms with Crippen LogP contribution in [0.4, 0.5) is 0 Å². The van der Waals surface area contributed by atoms with E-state index < -0.39 is 7.60 Å². The topological polar surface area (TPSA) is 35.5 Å². The SMILES string of the molecule is CC1(C)COP(=O)(c2ccc(Cl)cc2)OC1. The van der Waals surface area contributed by atoms with Gasteiger partial charge in [-0.25, -0.2) is 0 Å². The van der Waals surface area contributed by atoms with Crippen LogP contribution in [0.2, 0.25) is 5.02 Å². The molecule has 2 rings (SSSR count). The van der Waals surface area contributed by atoms with Crippen LogP contribution < -0.4 is 5.30 Å². The van der Waals surface area contributed by atoms with Gasteiger partial charge >= 0.3 is 7.60 Å². The van der Waals surface area contributed by atoms with E-state index in [0.29, 0.717) is 23.5 Å². The van der Waals surface area contributed by atoms with Gasteiger partial charge in [0.1, 0.15) is 0 Å². The smallest absolute Gasteiger partial charge is 0.305 e. The maximum Gasteiger partial charge on any atom is 0.361 e. The van der Waals surface area contributed by atoms with E-state index in [1.165, 1.54) is 0 Å². The molecular weight excluding hydrogens is 247 g/mol. The van der Waals surface area contributed by atoms with Crippen LogP contribution in [0, 0.1) is 5.41 Å². The van der Waals surface area contributed by atoms with Crippen molar-refractivity contribution < 1.29 is 13.6 Å². The van der Waals surface area contributed by atoms with E-state index >= 15 is 0 Å². The van der Waals surface area contributed by atoms with E-state index in [9.17, 15) is 4.57 Å². The Morgan fingerprint density at radius 2 is 1.69 bits per heavy atom. The minimum atomic E-state index is -3.12. The van der Waals surface area contributed by atoms with Crippen LogP contribution in [0.1, 0.15) is 13.8 Å². The first-order valence-electron chi connectivity index (χ1n) is 5.07. The van der Waals surface area contributed by atoms with Crippen LogP contribution in [0.25, 0.3) is 0 Å². The molecule has 1 saturated heterocycles. The molecule has 0 radical (unpaired) electrons. The maximum atomic E-state index is 12.3. The summed E-state index contributed by atoms with van der Waals surface area (Å²) in [5.41, 5.74) is -0.0830. The van der Waals surface area contributed by atoms with Gasteiger partial charge in [-0.1, -0.05) is 25.4 Å². The van der Waals surface area contributed by atoms with Crippen LogP contribution in [0.5, 0.6) is 0 Å². The van der Waals surface area contributed by atoms with Crippen molar-refractivity contribution in [2.75, 3.05) is 13.2 Å². The van der Waals surface area contributed by atoms with Crippen molar-refractivity contribution in [1.82, 2.24) is 0 Å². The molecule has 1 aliphatic rings. The summed E-state index contributed by atoms with van der Waals surface area (Å²) in [5.74, 6) is 0. The van der Waals surface area contributed by atoms with Gasteiger partial charge in [0.05, 0.1) is 18.5 Å². The first kappa shape index (κ1) is 12.1. The molecule has 0 amide bonds. The molecule has 88 valence electrons. The monoisotopic (exact) mass is 260 g/mol. The van der Waals surface area contributed by atoms with E-state index in [1.807, 2.05) is 13.8 Å². The maximum absolute atomic E-state index is 12.3. The van der Waals surface area contributed by atoms with Gasteiger partial charge in [-0.05, 0) is 24.3 Å². The molecule has 1 aromatic rings. The van der Waals surface area contributed by atoms with Gasteiger partial charge in [0.25, 0.3) is 0 Å². The van der Waals surface area contributed by atoms with Crippen LogP contribution in [-0.4, -0.2) is 13.2 Å². The van der Waals surface area contributed by atoms with Crippen molar-refractivity contribution in [3.8, 4) is 0 Å². The van der Waals surface area contributed by atoms with Crippen molar-refractivity contribution >= 4 is 24.5 Å². The standard InChI is InChI=1S/C11H14ClO3P/c1-11(2)7-14-16(13,15-8-11)10-5-3-9(12)4-6-10/h3-6H,7-8H2,1-2H3.